The van der Waals surface area contributed by atoms with E-state index in [1.807, 2.05) is 19.9 Å². The Morgan fingerprint density at radius 3 is 2.77 bits per heavy atom. The molecule has 0 aromatic carbocycles. The van der Waals surface area contributed by atoms with Crippen molar-refractivity contribution in [2.45, 2.75) is 20.8 Å². The van der Waals surface area contributed by atoms with Gasteiger partial charge in [0.2, 0.25) is 0 Å². The summed E-state index contributed by atoms with van der Waals surface area (Å²) in [6, 6.07) is 1.98. The SMILES string of the molecule is CC(C)=C1C(=O)Oc2cc(C)[se]c21. The topological polar surface area (TPSA) is 26.3 Å². The van der Waals surface area contributed by atoms with Crippen LogP contribution in [0.3, 0.4) is 0 Å². The molecule has 0 saturated heterocycles. The summed E-state index contributed by atoms with van der Waals surface area (Å²) in [5, 5.41) is 0. The molecule has 0 radical (unpaired) electrons. The molecule has 1 aliphatic heterocycles. The molecule has 0 N–H and O–H groups in total. The number of esters is 1. The quantitative estimate of drug-likeness (QED) is 0.393. The molecule has 0 atom stereocenters. The number of fused-ring (bicyclic) bond motifs is 1. The maximum atomic E-state index is 11.4. The number of hydrogen-bond acceptors (Lipinski definition) is 2. The van der Waals surface area contributed by atoms with E-state index in [-0.39, 0.29) is 5.97 Å². The Hall–Kier alpha value is -0.791. The Bertz CT molecular complexity index is 409. The third-order valence-corrected chi connectivity index (χ3v) is 4.16. The molecule has 0 bridgehead atoms. The third kappa shape index (κ3) is 1.28. The number of carbonyl (C=O) groups is 1. The number of carbonyl (C=O) groups excluding carboxylic acids is 1. The number of aryl methyl sites for hydroxylation is 1. The monoisotopic (exact) mass is 242 g/mol. The van der Waals surface area contributed by atoms with Crippen LogP contribution in [0.4, 0.5) is 0 Å². The van der Waals surface area contributed by atoms with E-state index >= 15 is 0 Å². The number of rotatable bonds is 0. The van der Waals surface area contributed by atoms with E-state index in [1.54, 1.807) is 0 Å². The van der Waals surface area contributed by atoms with Crippen LogP contribution >= 0.6 is 0 Å². The molecule has 2 rings (SSSR count). The predicted octanol–water partition coefficient (Wildman–Crippen LogP) is 1.76. The molecule has 0 aliphatic carbocycles. The molecular formula is C10H10O2Se. The fourth-order valence-corrected chi connectivity index (χ4v) is 3.68. The first-order chi connectivity index (χ1) is 6.09. The van der Waals surface area contributed by atoms with E-state index in [4.69, 9.17) is 4.74 Å². The van der Waals surface area contributed by atoms with Crippen molar-refractivity contribution in [1.82, 2.24) is 0 Å². The van der Waals surface area contributed by atoms with Gasteiger partial charge in [-0.1, -0.05) is 0 Å². The van der Waals surface area contributed by atoms with Crippen molar-refractivity contribution in [3.8, 4) is 5.75 Å². The molecule has 13 heavy (non-hydrogen) atoms. The summed E-state index contributed by atoms with van der Waals surface area (Å²) in [6.45, 7) is 5.99. The molecule has 0 fully saturated rings. The first-order valence-electron chi connectivity index (χ1n) is 4.10. The van der Waals surface area contributed by atoms with E-state index < -0.39 is 0 Å². The molecule has 68 valence electrons. The van der Waals surface area contributed by atoms with Gasteiger partial charge in [0.15, 0.2) is 0 Å². The molecule has 0 spiro atoms. The van der Waals surface area contributed by atoms with Gasteiger partial charge in [-0.25, -0.2) is 0 Å². The summed E-state index contributed by atoms with van der Waals surface area (Å²) in [5.41, 5.74) is 1.86. The first-order valence-corrected chi connectivity index (χ1v) is 5.81. The second kappa shape index (κ2) is 2.86. The normalized spacial score (nSPS) is 14.4. The van der Waals surface area contributed by atoms with Gasteiger partial charge in [0.05, 0.1) is 0 Å². The van der Waals surface area contributed by atoms with Crippen LogP contribution in [-0.4, -0.2) is 20.5 Å². The van der Waals surface area contributed by atoms with Gasteiger partial charge in [-0.15, -0.1) is 0 Å². The molecular weight excluding hydrogens is 231 g/mol. The Labute approximate surface area is 83.0 Å². The van der Waals surface area contributed by atoms with Crippen molar-refractivity contribution in [3.05, 3.63) is 20.5 Å². The van der Waals surface area contributed by atoms with Gasteiger partial charge in [-0.2, -0.15) is 0 Å². The van der Waals surface area contributed by atoms with Gasteiger partial charge in [0.25, 0.3) is 0 Å². The summed E-state index contributed by atoms with van der Waals surface area (Å²) in [4.78, 5) is 11.4. The van der Waals surface area contributed by atoms with E-state index in [2.05, 4.69) is 6.92 Å². The zero-order chi connectivity index (χ0) is 9.59. The van der Waals surface area contributed by atoms with E-state index in [0.717, 1.165) is 21.3 Å². The molecule has 2 heterocycles. The zero-order valence-corrected chi connectivity index (χ0v) is 9.52. The zero-order valence-electron chi connectivity index (χ0n) is 7.80. The van der Waals surface area contributed by atoms with Crippen LogP contribution in [0.25, 0.3) is 5.57 Å². The third-order valence-electron chi connectivity index (χ3n) is 1.96. The van der Waals surface area contributed by atoms with Crippen LogP contribution in [0.15, 0.2) is 11.6 Å². The van der Waals surface area contributed by atoms with Gasteiger partial charge in [-0.3, -0.25) is 0 Å². The number of ether oxygens (including phenoxy) is 1. The van der Waals surface area contributed by atoms with Crippen molar-refractivity contribution >= 4 is 26.0 Å². The fourth-order valence-electron chi connectivity index (χ4n) is 1.42. The van der Waals surface area contributed by atoms with Crippen LogP contribution in [0.5, 0.6) is 5.75 Å². The van der Waals surface area contributed by atoms with Crippen LogP contribution in [0.2, 0.25) is 0 Å². The van der Waals surface area contributed by atoms with Crippen molar-refractivity contribution in [1.29, 1.82) is 0 Å². The van der Waals surface area contributed by atoms with E-state index in [1.165, 1.54) is 4.44 Å². The predicted molar refractivity (Wildman–Crippen MR) is 52.0 cm³/mol. The van der Waals surface area contributed by atoms with Crippen molar-refractivity contribution in [2.75, 3.05) is 0 Å². The van der Waals surface area contributed by atoms with Gasteiger partial charge in [0.1, 0.15) is 0 Å². The molecule has 1 aromatic heterocycles. The first kappa shape index (κ1) is 8.79. The summed E-state index contributed by atoms with van der Waals surface area (Å²) in [5.74, 6) is 0.620. The average Bonchev–Trinajstić information content (AvgIpc) is 2.41. The van der Waals surface area contributed by atoms with Crippen molar-refractivity contribution in [3.63, 3.8) is 0 Å². The maximum absolute atomic E-state index is 11.4. The Morgan fingerprint density at radius 1 is 1.46 bits per heavy atom. The number of hydrogen-bond donors (Lipinski definition) is 0. The minimum atomic E-state index is -0.171. The molecule has 0 saturated carbocycles. The van der Waals surface area contributed by atoms with E-state index in [0.29, 0.717) is 14.5 Å². The summed E-state index contributed by atoms with van der Waals surface area (Å²) < 4.78 is 7.61. The van der Waals surface area contributed by atoms with Crippen LogP contribution < -0.4 is 4.74 Å². The van der Waals surface area contributed by atoms with Gasteiger partial charge < -0.3 is 0 Å². The Morgan fingerprint density at radius 2 is 2.15 bits per heavy atom. The van der Waals surface area contributed by atoms with Gasteiger partial charge in [0, 0.05) is 0 Å². The molecule has 3 heteroatoms. The van der Waals surface area contributed by atoms with Gasteiger partial charge in [-0.05, 0) is 0 Å². The summed E-state index contributed by atoms with van der Waals surface area (Å²) in [6.07, 6.45) is 0. The molecule has 1 aromatic rings. The fraction of sp³-hybridized carbons (Fsp3) is 0.300. The average molecular weight is 241 g/mol. The van der Waals surface area contributed by atoms with Crippen LogP contribution in [-0.2, 0) is 4.79 Å². The molecule has 1 aliphatic rings. The van der Waals surface area contributed by atoms with Crippen molar-refractivity contribution < 1.29 is 9.53 Å². The van der Waals surface area contributed by atoms with Gasteiger partial charge >= 0.3 is 82.6 Å². The second-order valence-corrected chi connectivity index (χ2v) is 5.95. The van der Waals surface area contributed by atoms with Crippen molar-refractivity contribution in [2.24, 2.45) is 0 Å². The summed E-state index contributed by atoms with van der Waals surface area (Å²) >= 11 is 0.300. The number of allylic oxidation sites excluding steroid dienone is 1. The van der Waals surface area contributed by atoms with E-state index in [9.17, 15) is 4.79 Å². The molecule has 0 unspecified atom stereocenters. The molecule has 2 nitrogen and oxygen atoms in total. The Balaban J connectivity index is 2.64. The second-order valence-electron chi connectivity index (χ2n) is 3.31. The molecule has 0 amide bonds. The minimum absolute atomic E-state index is 0.171. The Kier molecular flexibility index (Phi) is 1.93. The standard InChI is InChI=1S/C10H10O2Se/c1-5(2)8-9-7(12-10(8)11)4-6(3)13-9/h4H,1-3H3. The summed E-state index contributed by atoms with van der Waals surface area (Å²) in [7, 11) is 0. The van der Waals surface area contributed by atoms with Crippen LogP contribution in [0.1, 0.15) is 22.7 Å². The van der Waals surface area contributed by atoms with Crippen LogP contribution in [0, 0.1) is 6.92 Å².